The molecule has 0 atom stereocenters. The number of hydrogen-bond donors (Lipinski definition) is 0. The molecule has 0 unspecified atom stereocenters. The zero-order valence-corrected chi connectivity index (χ0v) is 15.4. The summed E-state index contributed by atoms with van der Waals surface area (Å²) in [6, 6.07) is 21.6. The number of carbonyl (C=O) groups is 2. The molecule has 0 amide bonds. The Balaban J connectivity index is 1.88. The Hall–Kier alpha value is -4.13. The number of nitro groups is 1. The summed E-state index contributed by atoms with van der Waals surface area (Å²) in [5.41, 5.74) is 2.50. The Morgan fingerprint density at radius 2 is 1.38 bits per heavy atom. The molecular formula is C22H16N2O5. The SMILES string of the molecule is CC(=O)O/N=C(\C(=O)c1ccc(-c2ccc([N+](=O)[O-])cc2)cc1)c1ccccc1. The van der Waals surface area contributed by atoms with E-state index in [0.717, 1.165) is 11.1 Å². The van der Waals surface area contributed by atoms with Gasteiger partial charge in [-0.05, 0) is 23.3 Å². The van der Waals surface area contributed by atoms with Gasteiger partial charge in [0.1, 0.15) is 0 Å². The van der Waals surface area contributed by atoms with E-state index in [1.807, 2.05) is 0 Å². The van der Waals surface area contributed by atoms with Gasteiger partial charge < -0.3 is 4.84 Å². The molecule has 0 aliphatic rings. The van der Waals surface area contributed by atoms with Gasteiger partial charge in [0.2, 0.25) is 5.78 Å². The molecule has 3 aromatic rings. The van der Waals surface area contributed by atoms with Gasteiger partial charge in [-0.25, -0.2) is 4.79 Å². The lowest BCUT2D eigenvalue weighted by atomic mass is 9.98. The Bertz CT molecular complexity index is 1070. The highest BCUT2D eigenvalue weighted by Crippen LogP contribution is 2.23. The number of ketones is 1. The molecule has 0 saturated heterocycles. The molecule has 0 bridgehead atoms. The van der Waals surface area contributed by atoms with Gasteiger partial charge in [0.25, 0.3) is 5.69 Å². The number of rotatable bonds is 6. The number of nitrogens with zero attached hydrogens (tertiary/aromatic N) is 2. The second-order valence-electron chi connectivity index (χ2n) is 6.10. The van der Waals surface area contributed by atoms with E-state index in [1.54, 1.807) is 66.7 Å². The maximum atomic E-state index is 12.9. The van der Waals surface area contributed by atoms with Gasteiger partial charge in [0, 0.05) is 30.2 Å². The van der Waals surface area contributed by atoms with E-state index in [1.165, 1.54) is 19.1 Å². The van der Waals surface area contributed by atoms with Gasteiger partial charge in [-0.3, -0.25) is 14.9 Å². The molecule has 0 radical (unpaired) electrons. The highest BCUT2D eigenvalue weighted by atomic mass is 16.7. The van der Waals surface area contributed by atoms with Crippen molar-refractivity contribution >= 4 is 23.2 Å². The van der Waals surface area contributed by atoms with Crippen LogP contribution in [0.1, 0.15) is 22.8 Å². The van der Waals surface area contributed by atoms with Gasteiger partial charge >= 0.3 is 5.97 Å². The Kier molecular flexibility index (Phi) is 5.89. The first-order valence-electron chi connectivity index (χ1n) is 8.66. The van der Waals surface area contributed by atoms with E-state index < -0.39 is 16.7 Å². The topological polar surface area (TPSA) is 98.9 Å². The molecular weight excluding hydrogens is 372 g/mol. The summed E-state index contributed by atoms with van der Waals surface area (Å²) in [5, 5.41) is 14.5. The number of non-ortho nitro benzene ring substituents is 1. The van der Waals surface area contributed by atoms with Crippen molar-refractivity contribution in [2.45, 2.75) is 6.92 Å². The number of Topliss-reactive ketones (excluding diaryl/α,β-unsaturated/α-hetero) is 1. The van der Waals surface area contributed by atoms with E-state index in [2.05, 4.69) is 5.16 Å². The molecule has 7 heteroatoms. The van der Waals surface area contributed by atoms with Gasteiger partial charge in [0.05, 0.1) is 4.92 Å². The van der Waals surface area contributed by atoms with Crippen molar-refractivity contribution in [3.63, 3.8) is 0 Å². The minimum Gasteiger partial charge on any atom is -0.318 e. The zero-order chi connectivity index (χ0) is 20.8. The average molecular weight is 388 g/mol. The normalized spacial score (nSPS) is 11.0. The van der Waals surface area contributed by atoms with Crippen molar-refractivity contribution < 1.29 is 19.3 Å². The highest BCUT2D eigenvalue weighted by Gasteiger charge is 2.18. The number of benzene rings is 3. The molecule has 0 spiro atoms. The number of oxime groups is 1. The number of hydrogen-bond acceptors (Lipinski definition) is 6. The molecule has 29 heavy (non-hydrogen) atoms. The van der Waals surface area contributed by atoms with E-state index >= 15 is 0 Å². The fourth-order valence-electron chi connectivity index (χ4n) is 2.66. The van der Waals surface area contributed by atoms with Crippen LogP contribution < -0.4 is 0 Å². The molecule has 0 N–H and O–H groups in total. The van der Waals surface area contributed by atoms with E-state index in [-0.39, 0.29) is 11.4 Å². The molecule has 0 fully saturated rings. The second kappa shape index (κ2) is 8.71. The summed E-state index contributed by atoms with van der Waals surface area (Å²) >= 11 is 0. The lowest BCUT2D eigenvalue weighted by Gasteiger charge is -2.07. The minimum atomic E-state index is -0.625. The molecule has 0 saturated carbocycles. The van der Waals surface area contributed by atoms with Crippen LogP contribution in [0.3, 0.4) is 0 Å². The summed E-state index contributed by atoms with van der Waals surface area (Å²) in [6.45, 7) is 1.20. The third-order valence-corrected chi connectivity index (χ3v) is 4.09. The first kappa shape index (κ1) is 19.6. The third kappa shape index (κ3) is 4.78. The van der Waals surface area contributed by atoms with Gasteiger partial charge in [0.15, 0.2) is 5.71 Å². The van der Waals surface area contributed by atoms with Crippen LogP contribution >= 0.6 is 0 Å². The van der Waals surface area contributed by atoms with Crippen molar-refractivity contribution in [1.82, 2.24) is 0 Å². The first-order valence-corrected chi connectivity index (χ1v) is 8.66. The molecule has 0 aliphatic carbocycles. The van der Waals surface area contributed by atoms with Crippen molar-refractivity contribution in [1.29, 1.82) is 0 Å². The van der Waals surface area contributed by atoms with E-state index in [0.29, 0.717) is 11.1 Å². The van der Waals surface area contributed by atoms with Crippen LogP contribution in [0, 0.1) is 10.1 Å². The van der Waals surface area contributed by atoms with Gasteiger partial charge in [-0.15, -0.1) is 0 Å². The Morgan fingerprint density at radius 3 is 1.90 bits per heavy atom. The Labute approximate surface area is 166 Å². The maximum absolute atomic E-state index is 12.9. The summed E-state index contributed by atoms with van der Waals surface area (Å²) in [6.07, 6.45) is 0. The second-order valence-corrected chi connectivity index (χ2v) is 6.10. The lowest BCUT2D eigenvalue weighted by Crippen LogP contribution is -2.17. The van der Waals surface area contributed by atoms with Crippen LogP contribution in [0.5, 0.6) is 0 Å². The molecule has 3 rings (SSSR count). The molecule has 0 heterocycles. The third-order valence-electron chi connectivity index (χ3n) is 4.09. The summed E-state index contributed by atoms with van der Waals surface area (Å²) < 4.78 is 0. The fraction of sp³-hybridized carbons (Fsp3) is 0.0455. The van der Waals surface area contributed by atoms with Crippen molar-refractivity contribution in [2.24, 2.45) is 5.16 Å². The van der Waals surface area contributed by atoms with Crippen LogP contribution in [0.2, 0.25) is 0 Å². The van der Waals surface area contributed by atoms with Crippen LogP contribution in [-0.2, 0) is 9.63 Å². The van der Waals surface area contributed by atoms with Crippen molar-refractivity contribution in [3.8, 4) is 11.1 Å². The minimum absolute atomic E-state index is 0.00901. The number of nitro benzene ring substituents is 1. The van der Waals surface area contributed by atoms with Crippen molar-refractivity contribution in [2.75, 3.05) is 0 Å². The van der Waals surface area contributed by atoms with Crippen LogP contribution in [0.4, 0.5) is 5.69 Å². The average Bonchev–Trinajstić information content (AvgIpc) is 2.74. The fourth-order valence-corrected chi connectivity index (χ4v) is 2.66. The van der Waals surface area contributed by atoms with Gasteiger partial charge in [-0.2, -0.15) is 0 Å². The quantitative estimate of drug-likeness (QED) is 0.205. The number of carbonyl (C=O) groups excluding carboxylic acids is 2. The van der Waals surface area contributed by atoms with Crippen LogP contribution in [0.25, 0.3) is 11.1 Å². The van der Waals surface area contributed by atoms with Crippen molar-refractivity contribution in [3.05, 3.63) is 100 Å². The first-order chi connectivity index (χ1) is 14.0. The molecule has 0 aliphatic heterocycles. The molecule has 144 valence electrons. The summed E-state index contributed by atoms with van der Waals surface area (Å²) in [5.74, 6) is -1.02. The predicted octanol–water partition coefficient (Wildman–Crippen LogP) is 4.41. The highest BCUT2D eigenvalue weighted by molar-refractivity contribution is 6.51. The van der Waals surface area contributed by atoms with Crippen LogP contribution in [0.15, 0.2) is 84.0 Å². The van der Waals surface area contributed by atoms with E-state index in [4.69, 9.17) is 4.84 Å². The van der Waals surface area contributed by atoms with Crippen LogP contribution in [-0.4, -0.2) is 22.4 Å². The standard InChI is InChI=1S/C22H16N2O5/c1-15(25)29-23-21(18-5-3-2-4-6-18)22(26)19-9-7-16(8-10-19)17-11-13-20(14-12-17)24(27)28/h2-14H,1H3/b23-21-. The summed E-state index contributed by atoms with van der Waals surface area (Å²) in [4.78, 5) is 39.1. The van der Waals surface area contributed by atoms with Gasteiger partial charge in [-0.1, -0.05) is 59.8 Å². The largest absolute Gasteiger partial charge is 0.332 e. The predicted molar refractivity (Wildman–Crippen MR) is 108 cm³/mol. The Morgan fingerprint density at radius 1 is 0.828 bits per heavy atom. The smallest absolute Gasteiger partial charge is 0.318 e. The zero-order valence-electron chi connectivity index (χ0n) is 15.4. The lowest BCUT2D eigenvalue weighted by molar-refractivity contribution is -0.384. The molecule has 7 nitrogen and oxygen atoms in total. The molecule has 0 aromatic heterocycles. The molecule has 3 aromatic carbocycles. The maximum Gasteiger partial charge on any atom is 0.332 e. The summed E-state index contributed by atoms with van der Waals surface area (Å²) in [7, 11) is 0. The monoisotopic (exact) mass is 388 g/mol. The van der Waals surface area contributed by atoms with E-state index in [9.17, 15) is 19.7 Å².